The molecule has 0 aromatic rings. The fraction of sp³-hybridized carbons (Fsp3) is 0.833. The van der Waals surface area contributed by atoms with Crippen LogP contribution >= 0.6 is 0 Å². The molecule has 0 rings (SSSR count). The summed E-state index contributed by atoms with van der Waals surface area (Å²) in [5.74, 6) is -11.4. The van der Waals surface area contributed by atoms with Crippen LogP contribution in [0.2, 0.25) is 0 Å². The Hall–Kier alpha value is -1.02. The Morgan fingerprint density at radius 2 is 1.47 bits per heavy atom. The van der Waals surface area contributed by atoms with Crippen LogP contribution in [0.1, 0.15) is 6.42 Å². The van der Waals surface area contributed by atoms with Gasteiger partial charge in [0.25, 0.3) is 0 Å². The van der Waals surface area contributed by atoms with Crippen molar-refractivity contribution in [2.45, 2.75) is 24.4 Å². The second kappa shape index (κ2) is 4.23. The van der Waals surface area contributed by atoms with Gasteiger partial charge in [0, 0.05) is 13.0 Å². The van der Waals surface area contributed by atoms with Gasteiger partial charge in [-0.25, -0.2) is 0 Å². The lowest BCUT2D eigenvalue weighted by Crippen LogP contribution is -2.52. The summed E-state index contributed by atoms with van der Waals surface area (Å²) in [5, 5.41) is 1.44. The minimum atomic E-state index is -6.33. The van der Waals surface area contributed by atoms with Gasteiger partial charge in [-0.15, -0.1) is 0 Å². The highest BCUT2D eigenvalue weighted by atomic mass is 19.4. The van der Waals surface area contributed by atoms with E-state index in [2.05, 4.69) is 0 Å². The van der Waals surface area contributed by atoms with Crippen LogP contribution in [0.5, 0.6) is 0 Å². The van der Waals surface area contributed by atoms with E-state index in [1.165, 1.54) is 5.32 Å². The third-order valence-corrected chi connectivity index (χ3v) is 1.45. The Balaban J connectivity index is 4.62. The van der Waals surface area contributed by atoms with E-state index in [0.717, 1.165) is 6.41 Å². The van der Waals surface area contributed by atoms with Crippen LogP contribution in [0.15, 0.2) is 0 Å². The Morgan fingerprint density at radius 3 is 1.80 bits per heavy atom. The first-order chi connectivity index (χ1) is 6.56. The fourth-order valence-corrected chi connectivity index (χ4v) is 0.635. The summed E-state index contributed by atoms with van der Waals surface area (Å²) in [4.78, 5) is 9.45. The van der Waals surface area contributed by atoms with Crippen molar-refractivity contribution in [3.63, 3.8) is 0 Å². The second-order valence-electron chi connectivity index (χ2n) is 2.56. The molecule has 0 fully saturated rings. The number of amides is 1. The van der Waals surface area contributed by atoms with Crippen LogP contribution in [0.3, 0.4) is 0 Å². The average Bonchev–Trinajstić information content (AvgIpc) is 2.02. The van der Waals surface area contributed by atoms with Crippen molar-refractivity contribution >= 4 is 6.41 Å². The van der Waals surface area contributed by atoms with Crippen molar-refractivity contribution in [2.75, 3.05) is 6.54 Å². The number of halogens is 7. The number of nitrogens with one attached hydrogen (secondary N) is 1. The first kappa shape index (κ1) is 14.0. The Morgan fingerprint density at radius 1 is 1.00 bits per heavy atom. The molecule has 1 radical (unpaired) electrons. The summed E-state index contributed by atoms with van der Waals surface area (Å²) in [6, 6.07) is 0. The SMILES string of the molecule is O=[C]NCCC(F)(F)C(F)(F)C(F)(F)F. The third kappa shape index (κ3) is 2.96. The molecule has 9 heteroatoms. The van der Waals surface area contributed by atoms with Crippen molar-refractivity contribution in [2.24, 2.45) is 0 Å². The molecule has 0 saturated heterocycles. The maximum atomic E-state index is 12.4. The zero-order chi connectivity index (χ0) is 12.3. The molecule has 0 atom stereocenters. The van der Waals surface area contributed by atoms with E-state index in [4.69, 9.17) is 0 Å². The van der Waals surface area contributed by atoms with Gasteiger partial charge in [0.1, 0.15) is 0 Å². The lowest BCUT2D eigenvalue weighted by Gasteiger charge is -2.27. The first-order valence-corrected chi connectivity index (χ1v) is 3.48. The summed E-state index contributed by atoms with van der Waals surface area (Å²) in [6.45, 7) is -1.03. The number of hydrogen-bond acceptors (Lipinski definition) is 1. The molecular formula is C6H5F7NO. The number of rotatable bonds is 5. The van der Waals surface area contributed by atoms with Crippen molar-refractivity contribution in [3.8, 4) is 0 Å². The smallest absolute Gasteiger partial charge is 0.348 e. The maximum absolute atomic E-state index is 12.4. The average molecular weight is 240 g/mol. The van der Waals surface area contributed by atoms with Crippen LogP contribution in [0, 0.1) is 0 Å². The minimum Gasteiger partial charge on any atom is -0.348 e. The van der Waals surface area contributed by atoms with Crippen molar-refractivity contribution in [3.05, 3.63) is 0 Å². The van der Waals surface area contributed by atoms with E-state index in [0.29, 0.717) is 0 Å². The lowest BCUT2D eigenvalue weighted by atomic mass is 10.1. The van der Waals surface area contributed by atoms with Gasteiger partial charge in [0.05, 0.1) is 0 Å². The van der Waals surface area contributed by atoms with E-state index in [1.807, 2.05) is 0 Å². The number of carbonyl (C=O) groups excluding carboxylic acids is 1. The van der Waals surface area contributed by atoms with Crippen LogP contribution in [0.4, 0.5) is 30.7 Å². The summed E-state index contributed by atoms with van der Waals surface area (Å²) < 4.78 is 83.6. The Kier molecular flexibility index (Phi) is 3.94. The van der Waals surface area contributed by atoms with Gasteiger partial charge in [-0.2, -0.15) is 30.7 Å². The molecule has 1 amide bonds. The highest BCUT2D eigenvalue weighted by Crippen LogP contribution is 2.47. The zero-order valence-corrected chi connectivity index (χ0v) is 6.97. The van der Waals surface area contributed by atoms with E-state index in [-0.39, 0.29) is 0 Å². The summed E-state index contributed by atoms with van der Waals surface area (Å²) in [7, 11) is 0. The van der Waals surface area contributed by atoms with E-state index < -0.39 is 31.0 Å². The van der Waals surface area contributed by atoms with Crippen molar-refractivity contribution < 1.29 is 35.5 Å². The maximum Gasteiger partial charge on any atom is 0.459 e. The molecule has 89 valence electrons. The standard InChI is InChI=1S/C6H5F7NO/c7-4(8,1-2-14-3-15)5(9,10)6(11,12)13/h1-2H2,(H,14,15). The normalized spacial score (nSPS) is 13.8. The zero-order valence-electron chi connectivity index (χ0n) is 6.97. The summed E-state index contributed by atoms with van der Waals surface area (Å²) in [5.41, 5.74) is 0. The fourth-order valence-electron chi connectivity index (χ4n) is 0.635. The number of hydrogen-bond donors (Lipinski definition) is 1. The van der Waals surface area contributed by atoms with Crippen LogP contribution in [-0.4, -0.2) is 31.0 Å². The predicted molar refractivity (Wildman–Crippen MR) is 34.3 cm³/mol. The van der Waals surface area contributed by atoms with E-state index in [1.54, 1.807) is 0 Å². The highest BCUT2D eigenvalue weighted by molar-refractivity contribution is 5.46. The van der Waals surface area contributed by atoms with Crippen LogP contribution < -0.4 is 5.32 Å². The summed E-state index contributed by atoms with van der Waals surface area (Å²) >= 11 is 0. The van der Waals surface area contributed by atoms with Gasteiger partial charge < -0.3 is 5.32 Å². The Bertz CT molecular complexity index is 224. The molecule has 0 aliphatic carbocycles. The molecule has 0 unspecified atom stereocenters. The van der Waals surface area contributed by atoms with E-state index >= 15 is 0 Å². The summed E-state index contributed by atoms with van der Waals surface area (Å²) in [6.07, 6.45) is -7.29. The van der Waals surface area contributed by atoms with Gasteiger partial charge >= 0.3 is 24.4 Å². The molecule has 1 N–H and O–H groups in total. The Labute approximate surface area is 79.4 Å². The molecule has 15 heavy (non-hydrogen) atoms. The monoisotopic (exact) mass is 240 g/mol. The van der Waals surface area contributed by atoms with Gasteiger partial charge in [0.2, 0.25) is 0 Å². The van der Waals surface area contributed by atoms with Crippen LogP contribution in [0.25, 0.3) is 0 Å². The number of alkyl halides is 7. The molecule has 0 aromatic heterocycles. The molecule has 0 aliphatic rings. The first-order valence-electron chi connectivity index (χ1n) is 3.48. The van der Waals surface area contributed by atoms with Crippen LogP contribution in [-0.2, 0) is 4.79 Å². The molecule has 0 spiro atoms. The van der Waals surface area contributed by atoms with E-state index in [9.17, 15) is 35.5 Å². The van der Waals surface area contributed by atoms with Gasteiger partial charge in [-0.3, -0.25) is 4.79 Å². The molecule has 0 aromatic carbocycles. The molecule has 2 nitrogen and oxygen atoms in total. The topological polar surface area (TPSA) is 29.1 Å². The minimum absolute atomic E-state index is 0.871. The molecule has 0 heterocycles. The molecule has 0 saturated carbocycles. The molecular weight excluding hydrogens is 235 g/mol. The molecule has 0 bridgehead atoms. The highest BCUT2D eigenvalue weighted by Gasteiger charge is 2.72. The third-order valence-electron chi connectivity index (χ3n) is 1.45. The quantitative estimate of drug-likeness (QED) is 0.443. The predicted octanol–water partition coefficient (Wildman–Crippen LogP) is 1.87. The largest absolute Gasteiger partial charge is 0.459 e. The van der Waals surface area contributed by atoms with Crippen molar-refractivity contribution in [1.29, 1.82) is 0 Å². The molecule has 0 aliphatic heterocycles. The van der Waals surface area contributed by atoms with Gasteiger partial charge in [-0.05, 0) is 0 Å². The van der Waals surface area contributed by atoms with Gasteiger partial charge in [0.15, 0.2) is 0 Å². The second-order valence-corrected chi connectivity index (χ2v) is 2.56. The lowest BCUT2D eigenvalue weighted by molar-refractivity contribution is -0.355. The van der Waals surface area contributed by atoms with Gasteiger partial charge in [-0.1, -0.05) is 0 Å². The van der Waals surface area contributed by atoms with Crippen molar-refractivity contribution in [1.82, 2.24) is 5.32 Å².